The van der Waals surface area contributed by atoms with Crippen LogP contribution in [0.4, 0.5) is 0 Å². The van der Waals surface area contributed by atoms with Gasteiger partial charge in [0.05, 0.1) is 0 Å². The topological polar surface area (TPSA) is 72.8 Å². The molecule has 0 aromatic rings. The lowest BCUT2D eigenvalue weighted by Crippen LogP contribution is -2.25. The molecule has 0 aliphatic rings. The zero-order valence-corrected chi connectivity index (χ0v) is 13.5. The Balaban J connectivity index is 3.53. The fraction of sp³-hybridized carbons (Fsp3) is 0.647. The Kier molecular flexibility index (Phi) is 12.1. The van der Waals surface area contributed by atoms with Gasteiger partial charge in [0.1, 0.15) is 19.3 Å². The predicted molar refractivity (Wildman–Crippen MR) is 85.3 cm³/mol. The van der Waals surface area contributed by atoms with E-state index in [0.717, 1.165) is 38.5 Å². The van der Waals surface area contributed by atoms with E-state index in [0.29, 0.717) is 6.42 Å². The van der Waals surface area contributed by atoms with Crippen molar-refractivity contribution in [2.45, 2.75) is 58.0 Å². The Hall–Kier alpha value is -1.62. The third-order valence-electron chi connectivity index (χ3n) is 2.98. The number of hydrogen-bond acceptors (Lipinski definition) is 5. The molecule has 0 spiro atoms. The molecular weight excluding hydrogens is 284 g/mol. The Morgan fingerprint density at radius 3 is 2.32 bits per heavy atom. The van der Waals surface area contributed by atoms with Crippen molar-refractivity contribution in [1.29, 1.82) is 0 Å². The first-order valence-corrected chi connectivity index (χ1v) is 7.74. The van der Waals surface area contributed by atoms with Crippen LogP contribution in [0, 0.1) is 0 Å². The average Bonchev–Trinajstić information content (AvgIpc) is 2.49. The molecule has 0 amide bonds. The second-order valence-electron chi connectivity index (χ2n) is 5.31. The first-order chi connectivity index (χ1) is 10.5. The summed E-state index contributed by atoms with van der Waals surface area (Å²) in [6.07, 6.45) is 7.45. The lowest BCUT2D eigenvalue weighted by atomic mass is 10.1. The van der Waals surface area contributed by atoms with Crippen LogP contribution < -0.4 is 0 Å². The van der Waals surface area contributed by atoms with E-state index in [1.807, 2.05) is 6.08 Å². The van der Waals surface area contributed by atoms with Crippen LogP contribution >= 0.6 is 0 Å². The molecule has 0 fully saturated rings. The summed E-state index contributed by atoms with van der Waals surface area (Å²) in [5.41, 5.74) is 0.261. The van der Waals surface area contributed by atoms with Crippen molar-refractivity contribution in [2.24, 2.45) is 0 Å². The van der Waals surface area contributed by atoms with E-state index < -0.39 is 12.1 Å². The number of carbonyl (C=O) groups is 2. The van der Waals surface area contributed by atoms with E-state index in [9.17, 15) is 14.7 Å². The lowest BCUT2D eigenvalue weighted by molar-refractivity contribution is -0.150. The summed E-state index contributed by atoms with van der Waals surface area (Å²) in [5.74, 6) is -0.904. The van der Waals surface area contributed by atoms with Gasteiger partial charge in [0.25, 0.3) is 0 Å². The van der Waals surface area contributed by atoms with E-state index in [-0.39, 0.29) is 24.8 Å². The van der Waals surface area contributed by atoms with Crippen LogP contribution in [-0.4, -0.2) is 36.4 Å². The van der Waals surface area contributed by atoms with Crippen molar-refractivity contribution < 1.29 is 24.2 Å². The zero-order chi connectivity index (χ0) is 16.8. The molecule has 1 N–H and O–H groups in total. The van der Waals surface area contributed by atoms with Gasteiger partial charge in [0.15, 0.2) is 0 Å². The molecule has 0 radical (unpaired) electrons. The van der Waals surface area contributed by atoms with Crippen molar-refractivity contribution in [3.8, 4) is 0 Å². The molecule has 0 saturated carbocycles. The summed E-state index contributed by atoms with van der Waals surface area (Å²) in [5, 5.41) is 9.53. The molecule has 1 unspecified atom stereocenters. The Bertz CT molecular complexity index is 362. The second-order valence-corrected chi connectivity index (χ2v) is 5.31. The molecule has 0 heterocycles. The summed E-state index contributed by atoms with van der Waals surface area (Å²) in [6, 6.07) is 0. The molecule has 0 aromatic carbocycles. The molecule has 0 rings (SSSR count). The molecule has 126 valence electrons. The minimum absolute atomic E-state index is 0.165. The second kappa shape index (κ2) is 13.1. The van der Waals surface area contributed by atoms with E-state index in [1.54, 1.807) is 0 Å². The highest BCUT2D eigenvalue weighted by atomic mass is 16.6. The SMILES string of the molecule is C=CCCCCCCCC(=O)OCC(O)COC(=O)C(=C)C. The van der Waals surface area contributed by atoms with Gasteiger partial charge in [-0.25, -0.2) is 4.79 Å². The van der Waals surface area contributed by atoms with Crippen LogP contribution in [0.3, 0.4) is 0 Å². The first kappa shape index (κ1) is 20.4. The van der Waals surface area contributed by atoms with Crippen LogP contribution in [-0.2, 0) is 19.1 Å². The molecule has 22 heavy (non-hydrogen) atoms. The van der Waals surface area contributed by atoms with Gasteiger partial charge in [0.2, 0.25) is 0 Å². The normalized spacial score (nSPS) is 11.5. The third kappa shape index (κ3) is 12.1. The lowest BCUT2D eigenvalue weighted by Gasteiger charge is -2.12. The summed E-state index contributed by atoms with van der Waals surface area (Å²) >= 11 is 0. The highest BCUT2D eigenvalue weighted by Crippen LogP contribution is 2.08. The van der Waals surface area contributed by atoms with Gasteiger partial charge in [-0.2, -0.15) is 0 Å². The molecule has 1 atom stereocenters. The fourth-order valence-corrected chi connectivity index (χ4v) is 1.69. The Morgan fingerprint density at radius 1 is 1.09 bits per heavy atom. The molecule has 0 aliphatic heterocycles. The third-order valence-corrected chi connectivity index (χ3v) is 2.98. The number of allylic oxidation sites excluding steroid dienone is 1. The van der Waals surface area contributed by atoms with Crippen LogP contribution in [0.5, 0.6) is 0 Å². The van der Waals surface area contributed by atoms with Gasteiger partial charge in [-0.1, -0.05) is 31.9 Å². The minimum Gasteiger partial charge on any atom is -0.463 e. The van der Waals surface area contributed by atoms with Crippen molar-refractivity contribution >= 4 is 11.9 Å². The summed E-state index contributed by atoms with van der Waals surface area (Å²) < 4.78 is 9.68. The smallest absolute Gasteiger partial charge is 0.333 e. The van der Waals surface area contributed by atoms with Gasteiger partial charge in [-0.05, 0) is 26.2 Å². The zero-order valence-electron chi connectivity index (χ0n) is 13.5. The first-order valence-electron chi connectivity index (χ1n) is 7.74. The van der Waals surface area contributed by atoms with Crippen molar-refractivity contribution in [3.63, 3.8) is 0 Å². The average molecular weight is 312 g/mol. The molecule has 5 nitrogen and oxygen atoms in total. The number of unbranched alkanes of at least 4 members (excludes halogenated alkanes) is 5. The number of aliphatic hydroxyl groups is 1. The number of aliphatic hydroxyl groups excluding tert-OH is 1. The molecule has 0 bridgehead atoms. The maximum absolute atomic E-state index is 11.5. The predicted octanol–water partition coefficient (Wildman–Crippen LogP) is 2.93. The Labute approximate surface area is 133 Å². The maximum Gasteiger partial charge on any atom is 0.333 e. The van der Waals surface area contributed by atoms with Crippen molar-refractivity contribution in [2.75, 3.05) is 13.2 Å². The number of ether oxygens (including phenoxy) is 2. The monoisotopic (exact) mass is 312 g/mol. The standard InChI is InChI=1S/C17H28O5/c1-4-5-6-7-8-9-10-11-16(19)21-12-15(18)13-22-17(20)14(2)3/h4,15,18H,1-2,5-13H2,3H3. The fourth-order valence-electron chi connectivity index (χ4n) is 1.69. The summed E-state index contributed by atoms with van der Waals surface area (Å²) in [4.78, 5) is 22.6. The highest BCUT2D eigenvalue weighted by molar-refractivity contribution is 5.86. The van der Waals surface area contributed by atoms with E-state index in [1.165, 1.54) is 6.92 Å². The van der Waals surface area contributed by atoms with Crippen molar-refractivity contribution in [3.05, 3.63) is 24.8 Å². The van der Waals surface area contributed by atoms with Crippen LogP contribution in [0.15, 0.2) is 24.8 Å². The number of hydrogen-bond donors (Lipinski definition) is 1. The number of carbonyl (C=O) groups excluding carboxylic acids is 2. The van der Waals surface area contributed by atoms with Gasteiger partial charge in [-0.15, -0.1) is 6.58 Å². The maximum atomic E-state index is 11.5. The van der Waals surface area contributed by atoms with E-state index >= 15 is 0 Å². The van der Waals surface area contributed by atoms with E-state index in [4.69, 9.17) is 9.47 Å². The van der Waals surface area contributed by atoms with Gasteiger partial charge in [-0.3, -0.25) is 4.79 Å². The number of rotatable bonds is 13. The van der Waals surface area contributed by atoms with Gasteiger partial charge in [0, 0.05) is 12.0 Å². The molecule has 0 aromatic heterocycles. The van der Waals surface area contributed by atoms with Gasteiger partial charge < -0.3 is 14.6 Å². The molecule has 0 aliphatic carbocycles. The van der Waals surface area contributed by atoms with Gasteiger partial charge >= 0.3 is 11.9 Å². The number of esters is 2. The van der Waals surface area contributed by atoms with E-state index in [2.05, 4.69) is 13.2 Å². The molecular formula is C17H28O5. The quantitative estimate of drug-likeness (QED) is 0.245. The largest absolute Gasteiger partial charge is 0.463 e. The minimum atomic E-state index is -1.01. The summed E-state index contributed by atoms with van der Waals surface area (Å²) in [7, 11) is 0. The van der Waals surface area contributed by atoms with Crippen LogP contribution in [0.2, 0.25) is 0 Å². The summed E-state index contributed by atoms with van der Waals surface area (Å²) in [6.45, 7) is 8.25. The van der Waals surface area contributed by atoms with Crippen LogP contribution in [0.1, 0.15) is 51.9 Å². The van der Waals surface area contributed by atoms with Crippen LogP contribution in [0.25, 0.3) is 0 Å². The Morgan fingerprint density at radius 2 is 1.68 bits per heavy atom. The molecule has 0 saturated heterocycles. The molecule has 5 heteroatoms. The van der Waals surface area contributed by atoms with Crippen molar-refractivity contribution in [1.82, 2.24) is 0 Å². The highest BCUT2D eigenvalue weighted by Gasteiger charge is 2.12.